The summed E-state index contributed by atoms with van der Waals surface area (Å²) in [5.74, 6) is -0.644. The number of rotatable bonds is 1. The van der Waals surface area contributed by atoms with Gasteiger partial charge in [-0.15, -0.1) is 0 Å². The van der Waals surface area contributed by atoms with Gasteiger partial charge in [0.1, 0.15) is 5.82 Å². The van der Waals surface area contributed by atoms with Gasteiger partial charge in [0, 0.05) is 22.2 Å². The maximum Gasteiger partial charge on any atom is 0.264 e. The quantitative estimate of drug-likeness (QED) is 0.722. The highest BCUT2D eigenvalue weighted by molar-refractivity contribution is 5.84. The Morgan fingerprint density at radius 1 is 1.21 bits per heavy atom. The van der Waals surface area contributed by atoms with Gasteiger partial charge in [-0.1, -0.05) is 0 Å². The van der Waals surface area contributed by atoms with Crippen molar-refractivity contribution in [2.45, 2.75) is 13.3 Å². The molecule has 0 amide bonds. The van der Waals surface area contributed by atoms with E-state index in [1.807, 2.05) is 0 Å². The van der Waals surface area contributed by atoms with Gasteiger partial charge in [-0.3, -0.25) is 0 Å². The van der Waals surface area contributed by atoms with Crippen LogP contribution < -0.4 is 0 Å². The van der Waals surface area contributed by atoms with E-state index in [0.717, 1.165) is 11.8 Å². The van der Waals surface area contributed by atoms with Crippen LogP contribution >= 0.6 is 0 Å². The molecule has 4 heteroatoms. The number of nitrogens with one attached hydrogen (secondary N) is 1. The number of benzene rings is 1. The minimum atomic E-state index is -2.65. The van der Waals surface area contributed by atoms with Crippen LogP contribution in [0.4, 0.5) is 13.2 Å². The first-order valence-electron chi connectivity index (χ1n) is 4.15. The van der Waals surface area contributed by atoms with E-state index in [4.69, 9.17) is 0 Å². The molecule has 0 aliphatic heterocycles. The number of aryl methyl sites for hydroxylation is 1. The van der Waals surface area contributed by atoms with E-state index in [1.165, 1.54) is 6.07 Å². The average molecular weight is 199 g/mol. The van der Waals surface area contributed by atoms with Gasteiger partial charge in [-0.2, -0.15) is 0 Å². The number of halogens is 3. The maximum absolute atomic E-state index is 12.9. The maximum atomic E-state index is 12.9. The lowest BCUT2D eigenvalue weighted by molar-refractivity contribution is 0.152. The number of alkyl halides is 2. The highest BCUT2D eigenvalue weighted by atomic mass is 19.3. The van der Waals surface area contributed by atoms with E-state index in [-0.39, 0.29) is 5.56 Å². The van der Waals surface area contributed by atoms with E-state index in [9.17, 15) is 13.2 Å². The van der Waals surface area contributed by atoms with Gasteiger partial charge in [0.15, 0.2) is 0 Å². The summed E-state index contributed by atoms with van der Waals surface area (Å²) < 4.78 is 37.9. The standard InChI is InChI=1S/C10H8F3N/c1-5-2-7-8(10(12)13)3-6(11)4-9(7)14-5/h2-4,10,14H,1H3. The third-order valence-electron chi connectivity index (χ3n) is 2.10. The first-order chi connectivity index (χ1) is 6.58. The summed E-state index contributed by atoms with van der Waals surface area (Å²) in [6.07, 6.45) is -2.65. The zero-order valence-electron chi connectivity index (χ0n) is 7.44. The summed E-state index contributed by atoms with van der Waals surface area (Å²) in [6, 6.07) is 3.69. The van der Waals surface area contributed by atoms with Crippen LogP contribution in [0.5, 0.6) is 0 Å². The highest BCUT2D eigenvalue weighted by Crippen LogP contribution is 2.29. The summed E-state index contributed by atoms with van der Waals surface area (Å²) in [6.45, 7) is 1.74. The van der Waals surface area contributed by atoms with Gasteiger partial charge in [0.25, 0.3) is 6.43 Å². The molecule has 0 bridgehead atoms. The number of fused-ring (bicyclic) bond motifs is 1. The van der Waals surface area contributed by atoms with Gasteiger partial charge in [0.05, 0.1) is 0 Å². The molecular formula is C10H8F3N. The van der Waals surface area contributed by atoms with Gasteiger partial charge in [0.2, 0.25) is 0 Å². The molecule has 0 aliphatic rings. The van der Waals surface area contributed by atoms with E-state index < -0.39 is 12.2 Å². The summed E-state index contributed by atoms with van der Waals surface area (Å²) in [4.78, 5) is 2.82. The van der Waals surface area contributed by atoms with Crippen molar-refractivity contribution in [1.29, 1.82) is 0 Å². The highest BCUT2D eigenvalue weighted by Gasteiger charge is 2.14. The number of aromatic nitrogens is 1. The van der Waals surface area contributed by atoms with E-state index >= 15 is 0 Å². The normalized spacial score (nSPS) is 11.5. The molecular weight excluding hydrogens is 191 g/mol. The molecule has 0 saturated heterocycles. The second-order valence-corrected chi connectivity index (χ2v) is 3.21. The van der Waals surface area contributed by atoms with Crippen LogP contribution in [-0.4, -0.2) is 4.98 Å². The first-order valence-corrected chi connectivity index (χ1v) is 4.15. The van der Waals surface area contributed by atoms with Crippen molar-refractivity contribution >= 4 is 10.9 Å². The molecule has 2 rings (SSSR count). The Morgan fingerprint density at radius 2 is 1.93 bits per heavy atom. The molecule has 0 aliphatic carbocycles. The monoisotopic (exact) mass is 199 g/mol. The molecule has 1 heterocycles. The Labute approximate surface area is 78.5 Å². The minimum absolute atomic E-state index is 0.260. The number of hydrogen-bond donors (Lipinski definition) is 1. The predicted molar refractivity (Wildman–Crippen MR) is 48.0 cm³/mol. The SMILES string of the molecule is Cc1cc2c(C(F)F)cc(F)cc2[nH]1. The van der Waals surface area contributed by atoms with Crippen LogP contribution in [-0.2, 0) is 0 Å². The molecule has 0 unspecified atom stereocenters. The lowest BCUT2D eigenvalue weighted by Crippen LogP contribution is -1.87. The summed E-state index contributed by atoms with van der Waals surface area (Å²) >= 11 is 0. The molecule has 1 nitrogen and oxygen atoms in total. The smallest absolute Gasteiger partial charge is 0.264 e. The number of H-pyrrole nitrogens is 1. The van der Waals surface area contributed by atoms with Crippen LogP contribution in [0.1, 0.15) is 17.7 Å². The molecule has 0 spiro atoms. The third-order valence-corrected chi connectivity index (χ3v) is 2.10. The Bertz CT molecular complexity index is 473. The fraction of sp³-hybridized carbons (Fsp3) is 0.200. The molecule has 0 atom stereocenters. The van der Waals surface area contributed by atoms with Crippen molar-refractivity contribution in [2.75, 3.05) is 0 Å². The second-order valence-electron chi connectivity index (χ2n) is 3.21. The zero-order chi connectivity index (χ0) is 10.3. The Kier molecular flexibility index (Phi) is 1.98. The topological polar surface area (TPSA) is 15.8 Å². The first kappa shape index (κ1) is 9.12. The third kappa shape index (κ3) is 1.36. The summed E-state index contributed by atoms with van der Waals surface area (Å²) in [7, 11) is 0. The molecule has 1 N–H and O–H groups in total. The van der Waals surface area contributed by atoms with Crippen molar-refractivity contribution in [3.05, 3.63) is 35.3 Å². The zero-order valence-corrected chi connectivity index (χ0v) is 7.44. The average Bonchev–Trinajstić information content (AvgIpc) is 2.42. The minimum Gasteiger partial charge on any atom is -0.359 e. The fourth-order valence-corrected chi connectivity index (χ4v) is 1.55. The lowest BCUT2D eigenvalue weighted by atomic mass is 10.1. The molecule has 1 aromatic heterocycles. The van der Waals surface area contributed by atoms with Crippen molar-refractivity contribution in [3.8, 4) is 0 Å². The largest absolute Gasteiger partial charge is 0.359 e. The van der Waals surface area contributed by atoms with Crippen molar-refractivity contribution < 1.29 is 13.2 Å². The van der Waals surface area contributed by atoms with Gasteiger partial charge in [-0.05, 0) is 25.1 Å². The molecule has 74 valence electrons. The van der Waals surface area contributed by atoms with E-state index in [1.54, 1.807) is 13.0 Å². The van der Waals surface area contributed by atoms with Gasteiger partial charge in [-0.25, -0.2) is 13.2 Å². The lowest BCUT2D eigenvalue weighted by Gasteiger charge is -2.01. The number of aromatic amines is 1. The van der Waals surface area contributed by atoms with Crippen LogP contribution in [0.25, 0.3) is 10.9 Å². The van der Waals surface area contributed by atoms with Crippen LogP contribution in [0.2, 0.25) is 0 Å². The Hall–Kier alpha value is -1.45. The van der Waals surface area contributed by atoms with Crippen molar-refractivity contribution in [3.63, 3.8) is 0 Å². The Morgan fingerprint density at radius 3 is 2.57 bits per heavy atom. The second kappa shape index (κ2) is 3.04. The fourth-order valence-electron chi connectivity index (χ4n) is 1.55. The van der Waals surface area contributed by atoms with E-state index in [2.05, 4.69) is 4.98 Å². The molecule has 14 heavy (non-hydrogen) atoms. The summed E-state index contributed by atoms with van der Waals surface area (Å²) in [5, 5.41) is 0.388. The van der Waals surface area contributed by atoms with Crippen molar-refractivity contribution in [1.82, 2.24) is 4.98 Å². The van der Waals surface area contributed by atoms with Crippen molar-refractivity contribution in [2.24, 2.45) is 0 Å². The van der Waals surface area contributed by atoms with Crippen LogP contribution in [0, 0.1) is 12.7 Å². The number of hydrogen-bond acceptors (Lipinski definition) is 0. The summed E-state index contributed by atoms with van der Waals surface area (Å²) in [5.41, 5.74) is 0.898. The van der Waals surface area contributed by atoms with Gasteiger partial charge >= 0.3 is 0 Å². The van der Waals surface area contributed by atoms with Crippen LogP contribution in [0.3, 0.4) is 0 Å². The van der Waals surface area contributed by atoms with Gasteiger partial charge < -0.3 is 4.98 Å². The molecule has 0 radical (unpaired) electrons. The predicted octanol–water partition coefficient (Wildman–Crippen LogP) is 3.55. The Balaban J connectivity index is 2.79. The molecule has 0 fully saturated rings. The molecule has 2 aromatic rings. The molecule has 0 saturated carbocycles. The van der Waals surface area contributed by atoms with Crippen LogP contribution in [0.15, 0.2) is 18.2 Å². The molecule has 1 aromatic carbocycles. The van der Waals surface area contributed by atoms with E-state index in [0.29, 0.717) is 10.9 Å².